The van der Waals surface area contributed by atoms with Crippen LogP contribution in [0.1, 0.15) is 27.9 Å². The molecule has 4 aromatic rings. The van der Waals surface area contributed by atoms with Crippen molar-refractivity contribution in [2.24, 2.45) is 7.05 Å². The number of hydrogen-bond donors (Lipinski definition) is 2. The van der Waals surface area contributed by atoms with E-state index in [1.54, 1.807) is 42.7 Å². The normalized spacial score (nSPS) is 12.3. The molecule has 136 valence electrons. The van der Waals surface area contributed by atoms with Crippen LogP contribution in [0.25, 0.3) is 10.9 Å². The van der Waals surface area contributed by atoms with Crippen molar-refractivity contribution in [1.82, 2.24) is 19.9 Å². The molecule has 7 heteroatoms. The molecule has 1 atom stereocenters. The number of benzene rings is 2. The lowest BCUT2D eigenvalue weighted by molar-refractivity contribution is 0.0937. The zero-order chi connectivity index (χ0) is 19.0. The summed E-state index contributed by atoms with van der Waals surface area (Å²) in [5, 5.41) is 4.43. The zero-order valence-corrected chi connectivity index (χ0v) is 15.2. The fourth-order valence-electron chi connectivity index (χ4n) is 3.04. The van der Waals surface area contributed by atoms with E-state index in [9.17, 15) is 9.18 Å². The van der Waals surface area contributed by atoms with E-state index in [-0.39, 0.29) is 11.7 Å². The van der Waals surface area contributed by atoms with Crippen LogP contribution < -0.4 is 5.32 Å². The van der Waals surface area contributed by atoms with Crippen molar-refractivity contribution in [2.45, 2.75) is 6.04 Å². The van der Waals surface area contributed by atoms with Gasteiger partial charge in [-0.25, -0.2) is 9.37 Å². The molecule has 0 spiro atoms. The number of nitrogens with one attached hydrogen (secondary N) is 2. The van der Waals surface area contributed by atoms with Crippen LogP contribution in [0.2, 0.25) is 5.02 Å². The summed E-state index contributed by atoms with van der Waals surface area (Å²) in [4.78, 5) is 20.3. The Balaban J connectivity index is 1.68. The highest BCUT2D eigenvalue weighted by molar-refractivity contribution is 6.31. The van der Waals surface area contributed by atoms with Gasteiger partial charge in [0.1, 0.15) is 23.4 Å². The molecule has 2 heterocycles. The molecule has 4 rings (SSSR count). The number of aryl methyl sites for hydroxylation is 1. The largest absolute Gasteiger partial charge is 0.351 e. The summed E-state index contributed by atoms with van der Waals surface area (Å²) in [5.41, 5.74) is 1.96. The second-order valence-electron chi connectivity index (χ2n) is 6.27. The minimum atomic E-state index is -0.520. The van der Waals surface area contributed by atoms with Gasteiger partial charge in [0.2, 0.25) is 0 Å². The van der Waals surface area contributed by atoms with E-state index in [1.807, 2.05) is 17.7 Å². The average Bonchev–Trinajstić information content (AvgIpc) is 3.26. The molecule has 1 amide bonds. The van der Waals surface area contributed by atoms with Crippen molar-refractivity contribution < 1.29 is 9.18 Å². The van der Waals surface area contributed by atoms with Gasteiger partial charge in [0.05, 0.1) is 0 Å². The number of amides is 1. The third kappa shape index (κ3) is 3.44. The second-order valence-corrected chi connectivity index (χ2v) is 6.71. The van der Waals surface area contributed by atoms with Gasteiger partial charge in [-0.1, -0.05) is 23.7 Å². The Morgan fingerprint density at radius 1 is 1.22 bits per heavy atom. The van der Waals surface area contributed by atoms with E-state index in [0.29, 0.717) is 16.5 Å². The lowest BCUT2D eigenvalue weighted by Gasteiger charge is -2.19. The zero-order valence-electron chi connectivity index (χ0n) is 14.4. The standard InChI is InChI=1S/C20H16ClFN4O/c1-26-9-8-23-19(26)18(12-2-5-15(22)6-3-12)25-20(27)17-11-13-10-14(21)4-7-16(13)24-17/h2-11,18,24H,1H3,(H,25,27). The summed E-state index contributed by atoms with van der Waals surface area (Å²) in [7, 11) is 1.84. The van der Waals surface area contributed by atoms with Gasteiger partial charge in [0.25, 0.3) is 5.91 Å². The number of carbonyl (C=O) groups is 1. The highest BCUT2D eigenvalue weighted by Crippen LogP contribution is 2.23. The fourth-order valence-corrected chi connectivity index (χ4v) is 3.22. The van der Waals surface area contributed by atoms with E-state index in [1.165, 1.54) is 12.1 Å². The molecule has 0 radical (unpaired) electrons. The van der Waals surface area contributed by atoms with Gasteiger partial charge in [-0.2, -0.15) is 0 Å². The summed E-state index contributed by atoms with van der Waals surface area (Å²) in [6, 6.07) is 12.6. The third-order valence-electron chi connectivity index (χ3n) is 4.42. The summed E-state index contributed by atoms with van der Waals surface area (Å²) in [5.74, 6) is 0.0184. The van der Waals surface area contributed by atoms with Crippen LogP contribution in [0, 0.1) is 5.82 Å². The molecule has 0 aliphatic rings. The molecule has 27 heavy (non-hydrogen) atoms. The molecule has 2 aromatic carbocycles. The van der Waals surface area contributed by atoms with Crippen LogP contribution in [0.15, 0.2) is 60.9 Å². The summed E-state index contributed by atoms with van der Waals surface area (Å²) >= 11 is 6.01. The Morgan fingerprint density at radius 3 is 2.70 bits per heavy atom. The molecular formula is C20H16ClFN4O. The number of fused-ring (bicyclic) bond motifs is 1. The first-order valence-corrected chi connectivity index (χ1v) is 8.71. The fraction of sp³-hybridized carbons (Fsp3) is 0.100. The number of rotatable bonds is 4. The van der Waals surface area contributed by atoms with E-state index in [0.717, 1.165) is 16.5 Å². The van der Waals surface area contributed by atoms with E-state index in [4.69, 9.17) is 11.6 Å². The molecule has 5 nitrogen and oxygen atoms in total. The number of aromatic nitrogens is 3. The molecule has 0 bridgehead atoms. The van der Waals surface area contributed by atoms with Gasteiger partial charge < -0.3 is 14.9 Å². The second kappa shape index (κ2) is 6.89. The van der Waals surface area contributed by atoms with Crippen LogP contribution >= 0.6 is 11.6 Å². The Morgan fingerprint density at radius 2 is 2.00 bits per heavy atom. The lowest BCUT2D eigenvalue weighted by Crippen LogP contribution is -2.31. The molecular weight excluding hydrogens is 367 g/mol. The van der Waals surface area contributed by atoms with Crippen LogP contribution in [0.4, 0.5) is 4.39 Å². The first-order chi connectivity index (χ1) is 13.0. The van der Waals surface area contributed by atoms with Crippen molar-refractivity contribution in [3.63, 3.8) is 0 Å². The van der Waals surface area contributed by atoms with Gasteiger partial charge in [-0.15, -0.1) is 0 Å². The number of hydrogen-bond acceptors (Lipinski definition) is 2. The number of carbonyl (C=O) groups excluding carboxylic acids is 1. The molecule has 0 aliphatic heterocycles. The number of H-pyrrole nitrogens is 1. The van der Waals surface area contributed by atoms with Gasteiger partial charge in [-0.3, -0.25) is 4.79 Å². The molecule has 2 N–H and O–H groups in total. The molecule has 2 aromatic heterocycles. The first-order valence-electron chi connectivity index (χ1n) is 8.33. The van der Waals surface area contributed by atoms with Gasteiger partial charge in [0, 0.05) is 35.4 Å². The SMILES string of the molecule is Cn1ccnc1C(NC(=O)c1cc2cc(Cl)ccc2[nH]1)c1ccc(F)cc1. The molecule has 0 aliphatic carbocycles. The topological polar surface area (TPSA) is 62.7 Å². The maximum atomic E-state index is 13.3. The quantitative estimate of drug-likeness (QED) is 0.555. The number of nitrogens with zero attached hydrogens (tertiary/aromatic N) is 2. The maximum absolute atomic E-state index is 13.3. The van der Waals surface area contributed by atoms with Crippen molar-refractivity contribution in [3.05, 3.63) is 88.8 Å². The van der Waals surface area contributed by atoms with E-state index >= 15 is 0 Å². The summed E-state index contributed by atoms with van der Waals surface area (Å²) in [6.45, 7) is 0. The maximum Gasteiger partial charge on any atom is 0.268 e. The minimum absolute atomic E-state index is 0.292. The van der Waals surface area contributed by atoms with E-state index in [2.05, 4.69) is 15.3 Å². The van der Waals surface area contributed by atoms with Gasteiger partial charge >= 0.3 is 0 Å². The van der Waals surface area contributed by atoms with Gasteiger partial charge in [0.15, 0.2) is 0 Å². The van der Waals surface area contributed by atoms with Gasteiger partial charge in [-0.05, 0) is 42.0 Å². The highest BCUT2D eigenvalue weighted by atomic mass is 35.5. The number of halogens is 2. The third-order valence-corrected chi connectivity index (χ3v) is 4.66. The van der Waals surface area contributed by atoms with Crippen molar-refractivity contribution in [2.75, 3.05) is 0 Å². The Bertz CT molecular complexity index is 1120. The van der Waals surface area contributed by atoms with E-state index < -0.39 is 6.04 Å². The molecule has 1 unspecified atom stereocenters. The van der Waals surface area contributed by atoms with Crippen LogP contribution in [0.5, 0.6) is 0 Å². The first kappa shape index (κ1) is 17.3. The minimum Gasteiger partial charge on any atom is -0.351 e. The summed E-state index contributed by atoms with van der Waals surface area (Å²) in [6.07, 6.45) is 3.45. The van der Waals surface area contributed by atoms with Crippen LogP contribution in [-0.2, 0) is 7.05 Å². The smallest absolute Gasteiger partial charge is 0.268 e. The molecule has 0 saturated carbocycles. The predicted octanol–water partition coefficient (Wildman–Crippen LogP) is 4.21. The Labute approximate surface area is 159 Å². The Hall–Kier alpha value is -3.12. The predicted molar refractivity (Wildman–Crippen MR) is 102 cm³/mol. The lowest BCUT2D eigenvalue weighted by atomic mass is 10.1. The van der Waals surface area contributed by atoms with Crippen molar-refractivity contribution in [3.8, 4) is 0 Å². The average molecular weight is 383 g/mol. The highest BCUT2D eigenvalue weighted by Gasteiger charge is 2.22. The summed E-state index contributed by atoms with van der Waals surface area (Å²) < 4.78 is 15.1. The van der Waals surface area contributed by atoms with Crippen LogP contribution in [0.3, 0.4) is 0 Å². The number of aromatic amines is 1. The monoisotopic (exact) mass is 382 g/mol. The molecule has 0 saturated heterocycles. The van der Waals surface area contributed by atoms with Crippen molar-refractivity contribution >= 4 is 28.4 Å². The van der Waals surface area contributed by atoms with Crippen molar-refractivity contribution in [1.29, 1.82) is 0 Å². The Kier molecular flexibility index (Phi) is 4.41. The molecule has 0 fully saturated rings. The van der Waals surface area contributed by atoms with Crippen LogP contribution in [-0.4, -0.2) is 20.4 Å². The number of imidazole rings is 1.